The van der Waals surface area contributed by atoms with Crippen molar-refractivity contribution < 1.29 is 12.8 Å². The maximum atomic E-state index is 13.6. The molecule has 8 heteroatoms. The minimum Gasteiger partial charge on any atom is -0.263 e. The van der Waals surface area contributed by atoms with E-state index in [1.165, 1.54) is 18.2 Å². The van der Waals surface area contributed by atoms with Crippen LogP contribution in [-0.2, 0) is 22.9 Å². The largest absolute Gasteiger partial charge is 0.263 e. The molecule has 0 radical (unpaired) electrons. The van der Waals surface area contributed by atoms with Gasteiger partial charge in [-0.1, -0.05) is 42.5 Å². The number of aromatic amines is 1. The van der Waals surface area contributed by atoms with Crippen molar-refractivity contribution in [1.82, 2.24) is 19.9 Å². The Kier molecular flexibility index (Phi) is 5.20. The van der Waals surface area contributed by atoms with Crippen LogP contribution in [0.2, 0.25) is 0 Å². The number of aromatic nitrogens is 3. The standard InChI is InChI=1S/C17H17FN4O2S/c18-14-8-4-5-9-15(14)25(23,24)19-11-10-16-20-17(22-21-16)12-13-6-2-1-3-7-13/h1-9,19H,10-12H2,(H,20,21,22). The van der Waals surface area contributed by atoms with Crippen molar-refractivity contribution in [3.05, 3.63) is 77.6 Å². The Bertz CT molecular complexity index is 942. The van der Waals surface area contributed by atoms with Crippen LogP contribution in [0.15, 0.2) is 59.5 Å². The summed E-state index contributed by atoms with van der Waals surface area (Å²) in [7, 11) is -3.89. The lowest BCUT2D eigenvalue weighted by atomic mass is 10.1. The van der Waals surface area contributed by atoms with Gasteiger partial charge in [-0.3, -0.25) is 5.10 Å². The SMILES string of the molecule is O=S(=O)(NCCc1n[nH]c(Cc2ccccc2)n1)c1ccccc1F. The van der Waals surface area contributed by atoms with Gasteiger partial charge >= 0.3 is 0 Å². The predicted molar refractivity (Wildman–Crippen MR) is 90.9 cm³/mol. The Morgan fingerprint density at radius 1 is 1.04 bits per heavy atom. The number of hydrogen-bond donors (Lipinski definition) is 2. The molecule has 3 aromatic rings. The first-order chi connectivity index (χ1) is 12.0. The van der Waals surface area contributed by atoms with Gasteiger partial charge < -0.3 is 0 Å². The summed E-state index contributed by atoms with van der Waals surface area (Å²) in [6.45, 7) is 0.0826. The van der Waals surface area contributed by atoms with Gasteiger partial charge in [0.2, 0.25) is 10.0 Å². The highest BCUT2D eigenvalue weighted by Crippen LogP contribution is 2.13. The number of halogens is 1. The van der Waals surface area contributed by atoms with E-state index < -0.39 is 15.8 Å². The molecular formula is C17H17FN4O2S. The summed E-state index contributed by atoms with van der Waals surface area (Å²) in [5.74, 6) is 0.429. The third kappa shape index (κ3) is 4.49. The van der Waals surface area contributed by atoms with E-state index in [2.05, 4.69) is 19.9 Å². The van der Waals surface area contributed by atoms with Crippen molar-refractivity contribution in [1.29, 1.82) is 0 Å². The third-order valence-electron chi connectivity index (χ3n) is 3.56. The number of nitrogens with zero attached hydrogens (tertiary/aromatic N) is 2. The number of nitrogens with one attached hydrogen (secondary N) is 2. The minimum atomic E-state index is -3.89. The monoisotopic (exact) mass is 360 g/mol. The van der Waals surface area contributed by atoms with Gasteiger partial charge in [0.25, 0.3) is 0 Å². The second-order valence-electron chi connectivity index (χ2n) is 5.44. The van der Waals surface area contributed by atoms with E-state index in [-0.39, 0.29) is 11.4 Å². The summed E-state index contributed by atoms with van der Waals surface area (Å²) in [6, 6.07) is 15.1. The van der Waals surface area contributed by atoms with Crippen LogP contribution < -0.4 is 4.72 Å². The average molecular weight is 360 g/mol. The van der Waals surface area contributed by atoms with E-state index in [4.69, 9.17) is 0 Å². The van der Waals surface area contributed by atoms with E-state index in [1.807, 2.05) is 30.3 Å². The summed E-state index contributed by atoms with van der Waals surface area (Å²) >= 11 is 0. The predicted octanol–water partition coefficient (Wildman–Crippen LogP) is 2.06. The molecule has 0 aliphatic carbocycles. The molecular weight excluding hydrogens is 343 g/mol. The van der Waals surface area contributed by atoms with Crippen molar-refractivity contribution in [2.24, 2.45) is 0 Å². The van der Waals surface area contributed by atoms with Gasteiger partial charge in [0, 0.05) is 19.4 Å². The van der Waals surface area contributed by atoms with Gasteiger partial charge in [-0.2, -0.15) is 5.10 Å². The molecule has 6 nitrogen and oxygen atoms in total. The highest BCUT2D eigenvalue weighted by atomic mass is 32.2. The Hall–Kier alpha value is -2.58. The molecule has 2 N–H and O–H groups in total. The molecule has 0 atom stereocenters. The summed E-state index contributed by atoms with van der Waals surface area (Å²) < 4.78 is 40.1. The zero-order valence-electron chi connectivity index (χ0n) is 13.3. The molecule has 0 amide bonds. The fraction of sp³-hybridized carbons (Fsp3) is 0.176. The molecule has 1 heterocycles. The molecule has 2 aromatic carbocycles. The molecule has 0 saturated carbocycles. The number of rotatable bonds is 7. The molecule has 0 aliphatic rings. The van der Waals surface area contributed by atoms with E-state index >= 15 is 0 Å². The van der Waals surface area contributed by atoms with E-state index in [0.717, 1.165) is 11.6 Å². The Labute approximate surface area is 145 Å². The normalized spacial score (nSPS) is 11.6. The molecule has 0 fully saturated rings. The first-order valence-corrected chi connectivity index (χ1v) is 9.21. The fourth-order valence-corrected chi connectivity index (χ4v) is 3.46. The zero-order chi connectivity index (χ0) is 17.7. The summed E-state index contributed by atoms with van der Waals surface area (Å²) in [5.41, 5.74) is 1.10. The van der Waals surface area contributed by atoms with Crippen molar-refractivity contribution in [2.75, 3.05) is 6.54 Å². The lowest BCUT2D eigenvalue weighted by Gasteiger charge is -2.06. The Balaban J connectivity index is 1.57. The van der Waals surface area contributed by atoms with Crippen LogP contribution in [0.25, 0.3) is 0 Å². The molecule has 1 aromatic heterocycles. The minimum absolute atomic E-state index is 0.0826. The summed E-state index contributed by atoms with van der Waals surface area (Å²) in [6.07, 6.45) is 0.924. The smallest absolute Gasteiger partial charge is 0.243 e. The highest BCUT2D eigenvalue weighted by Gasteiger charge is 2.18. The fourth-order valence-electron chi connectivity index (χ4n) is 2.35. The molecule has 0 unspecified atom stereocenters. The maximum absolute atomic E-state index is 13.6. The Morgan fingerprint density at radius 3 is 2.52 bits per heavy atom. The van der Waals surface area contributed by atoms with Crippen LogP contribution >= 0.6 is 0 Å². The number of hydrogen-bond acceptors (Lipinski definition) is 4. The lowest BCUT2D eigenvalue weighted by molar-refractivity contribution is 0.556. The number of sulfonamides is 1. The van der Waals surface area contributed by atoms with E-state index in [0.29, 0.717) is 24.5 Å². The second kappa shape index (κ2) is 7.54. The molecule has 0 spiro atoms. The maximum Gasteiger partial charge on any atom is 0.243 e. The second-order valence-corrected chi connectivity index (χ2v) is 7.17. The van der Waals surface area contributed by atoms with Crippen LogP contribution in [0.1, 0.15) is 17.2 Å². The van der Waals surface area contributed by atoms with Crippen LogP contribution in [-0.4, -0.2) is 30.1 Å². The van der Waals surface area contributed by atoms with E-state index in [9.17, 15) is 12.8 Å². The lowest BCUT2D eigenvalue weighted by Crippen LogP contribution is -2.27. The summed E-state index contributed by atoms with van der Waals surface area (Å²) in [4.78, 5) is 3.97. The van der Waals surface area contributed by atoms with Gasteiger partial charge in [-0.05, 0) is 17.7 Å². The average Bonchev–Trinajstić information content (AvgIpc) is 3.03. The Morgan fingerprint density at radius 2 is 1.76 bits per heavy atom. The van der Waals surface area contributed by atoms with Gasteiger partial charge in [0.05, 0.1) is 0 Å². The summed E-state index contributed by atoms with van der Waals surface area (Å²) in [5, 5.41) is 6.92. The molecule has 0 aliphatic heterocycles. The van der Waals surface area contributed by atoms with Crippen LogP contribution in [0, 0.1) is 5.82 Å². The molecule has 25 heavy (non-hydrogen) atoms. The topological polar surface area (TPSA) is 87.7 Å². The zero-order valence-corrected chi connectivity index (χ0v) is 14.1. The van der Waals surface area contributed by atoms with Crippen LogP contribution in [0.3, 0.4) is 0 Å². The first-order valence-electron chi connectivity index (χ1n) is 7.73. The third-order valence-corrected chi connectivity index (χ3v) is 5.05. The van der Waals surface area contributed by atoms with Gasteiger partial charge in [-0.15, -0.1) is 0 Å². The highest BCUT2D eigenvalue weighted by molar-refractivity contribution is 7.89. The number of H-pyrrole nitrogens is 1. The first kappa shape index (κ1) is 17.2. The molecule has 0 bridgehead atoms. The van der Waals surface area contributed by atoms with Crippen molar-refractivity contribution in [3.8, 4) is 0 Å². The van der Waals surface area contributed by atoms with Crippen molar-refractivity contribution >= 4 is 10.0 Å². The molecule has 0 saturated heterocycles. The van der Waals surface area contributed by atoms with Gasteiger partial charge in [-0.25, -0.2) is 22.5 Å². The quantitative estimate of drug-likeness (QED) is 0.675. The van der Waals surface area contributed by atoms with Crippen LogP contribution in [0.4, 0.5) is 4.39 Å². The molecule has 130 valence electrons. The van der Waals surface area contributed by atoms with Gasteiger partial charge in [0.1, 0.15) is 16.5 Å². The number of benzene rings is 2. The molecule has 3 rings (SSSR count). The van der Waals surface area contributed by atoms with Gasteiger partial charge in [0.15, 0.2) is 5.82 Å². The van der Waals surface area contributed by atoms with Crippen LogP contribution in [0.5, 0.6) is 0 Å². The van der Waals surface area contributed by atoms with E-state index in [1.54, 1.807) is 0 Å². The van der Waals surface area contributed by atoms with Crippen molar-refractivity contribution in [2.45, 2.75) is 17.7 Å². The van der Waals surface area contributed by atoms with Crippen molar-refractivity contribution in [3.63, 3.8) is 0 Å².